The summed E-state index contributed by atoms with van der Waals surface area (Å²) in [5.41, 5.74) is 0.477. The molecule has 2 aromatic carbocycles. The predicted molar refractivity (Wildman–Crippen MR) is 85.4 cm³/mol. The van der Waals surface area contributed by atoms with Crippen molar-refractivity contribution in [2.24, 2.45) is 0 Å². The summed E-state index contributed by atoms with van der Waals surface area (Å²) in [7, 11) is 1.32. The molecule has 2 rings (SSSR count). The maximum absolute atomic E-state index is 11.9. The standard InChI is InChI=1S/C18H17NO3/c1-3-18(13-20,14-9-5-4-6-10-14)19-16-12-8-7-11-15(16)17(21)22-2/h1,4-12,19-20H,13H2,2H3/t18-/m0/s1. The largest absolute Gasteiger partial charge is 0.465 e. The first kappa shape index (κ1) is 15.6. The van der Waals surface area contributed by atoms with Gasteiger partial charge in [-0.3, -0.25) is 0 Å². The molecule has 4 nitrogen and oxygen atoms in total. The molecule has 2 aromatic rings. The van der Waals surface area contributed by atoms with Gasteiger partial charge in [0, 0.05) is 0 Å². The molecule has 0 aliphatic carbocycles. The summed E-state index contributed by atoms with van der Waals surface area (Å²) < 4.78 is 4.77. The van der Waals surface area contributed by atoms with E-state index in [1.807, 2.05) is 30.3 Å². The van der Waals surface area contributed by atoms with E-state index in [1.165, 1.54) is 7.11 Å². The zero-order chi connectivity index (χ0) is 16.0. The van der Waals surface area contributed by atoms with Crippen molar-refractivity contribution in [3.05, 3.63) is 65.7 Å². The molecule has 2 N–H and O–H groups in total. The SMILES string of the molecule is C#C[C@@](CO)(Nc1ccccc1C(=O)OC)c1ccccc1. The highest BCUT2D eigenvalue weighted by molar-refractivity contribution is 5.95. The lowest BCUT2D eigenvalue weighted by Gasteiger charge is -2.30. The highest BCUT2D eigenvalue weighted by atomic mass is 16.5. The highest BCUT2D eigenvalue weighted by Gasteiger charge is 2.30. The molecule has 0 spiro atoms. The summed E-state index contributed by atoms with van der Waals surface area (Å²) in [6.45, 7) is -0.316. The van der Waals surface area contributed by atoms with E-state index in [0.29, 0.717) is 11.3 Å². The van der Waals surface area contributed by atoms with Crippen LogP contribution in [-0.4, -0.2) is 24.8 Å². The molecule has 0 saturated carbocycles. The molecular weight excluding hydrogens is 278 g/mol. The van der Waals surface area contributed by atoms with E-state index in [1.54, 1.807) is 24.3 Å². The molecule has 0 heterocycles. The van der Waals surface area contributed by atoms with Crippen molar-refractivity contribution in [3.63, 3.8) is 0 Å². The van der Waals surface area contributed by atoms with Crippen LogP contribution in [0.5, 0.6) is 0 Å². The molecule has 0 aliphatic rings. The molecule has 1 atom stereocenters. The van der Waals surface area contributed by atoms with Crippen LogP contribution in [0.4, 0.5) is 5.69 Å². The van der Waals surface area contributed by atoms with Gasteiger partial charge in [0.25, 0.3) is 0 Å². The number of hydrogen-bond acceptors (Lipinski definition) is 4. The number of anilines is 1. The number of nitrogens with one attached hydrogen (secondary N) is 1. The molecule has 0 unspecified atom stereocenters. The summed E-state index contributed by atoms with van der Waals surface area (Å²) in [5.74, 6) is 2.13. The first-order valence-corrected chi connectivity index (χ1v) is 6.76. The number of carbonyl (C=O) groups excluding carboxylic acids is 1. The summed E-state index contributed by atoms with van der Waals surface area (Å²) in [6, 6.07) is 16.1. The smallest absolute Gasteiger partial charge is 0.339 e. The Morgan fingerprint density at radius 3 is 2.45 bits per heavy atom. The number of benzene rings is 2. The summed E-state index contributed by atoms with van der Waals surface area (Å²) >= 11 is 0. The van der Waals surface area contributed by atoms with Crippen LogP contribution >= 0.6 is 0 Å². The van der Waals surface area contributed by atoms with Crippen molar-refractivity contribution < 1.29 is 14.6 Å². The normalized spacial score (nSPS) is 12.8. The Balaban J connectivity index is 2.47. The van der Waals surface area contributed by atoms with Gasteiger partial charge in [-0.1, -0.05) is 48.4 Å². The van der Waals surface area contributed by atoms with Crippen molar-refractivity contribution in [1.29, 1.82) is 0 Å². The molecule has 0 amide bonds. The molecule has 112 valence electrons. The third kappa shape index (κ3) is 2.95. The lowest BCUT2D eigenvalue weighted by Crippen LogP contribution is -2.38. The number of esters is 1. The van der Waals surface area contributed by atoms with Crippen molar-refractivity contribution in [3.8, 4) is 12.3 Å². The maximum Gasteiger partial charge on any atom is 0.339 e. The molecule has 22 heavy (non-hydrogen) atoms. The minimum atomic E-state index is -1.12. The van der Waals surface area contributed by atoms with Gasteiger partial charge in [-0.25, -0.2) is 4.79 Å². The van der Waals surface area contributed by atoms with Crippen LogP contribution in [0.3, 0.4) is 0 Å². The van der Waals surface area contributed by atoms with Gasteiger partial charge in [0.1, 0.15) is 5.54 Å². The third-order valence-corrected chi connectivity index (χ3v) is 3.43. The second-order valence-corrected chi connectivity index (χ2v) is 4.74. The van der Waals surface area contributed by atoms with Crippen LogP contribution in [-0.2, 0) is 10.3 Å². The van der Waals surface area contributed by atoms with Gasteiger partial charge in [-0.15, -0.1) is 6.42 Å². The Kier molecular flexibility index (Phi) is 4.82. The van der Waals surface area contributed by atoms with Crippen molar-refractivity contribution >= 4 is 11.7 Å². The van der Waals surface area contributed by atoms with Gasteiger partial charge >= 0.3 is 5.97 Å². The van der Waals surface area contributed by atoms with E-state index in [4.69, 9.17) is 11.2 Å². The topological polar surface area (TPSA) is 58.6 Å². The zero-order valence-electron chi connectivity index (χ0n) is 12.2. The lowest BCUT2D eigenvalue weighted by molar-refractivity contribution is 0.0601. The predicted octanol–water partition coefficient (Wildman–Crippen LogP) is 2.41. The Morgan fingerprint density at radius 1 is 1.23 bits per heavy atom. The van der Waals surface area contributed by atoms with E-state index in [-0.39, 0.29) is 6.61 Å². The number of carbonyl (C=O) groups is 1. The van der Waals surface area contributed by atoms with Gasteiger partial charge in [0.15, 0.2) is 0 Å². The fourth-order valence-electron chi connectivity index (χ4n) is 2.20. The van der Waals surface area contributed by atoms with Gasteiger partial charge in [-0.2, -0.15) is 0 Å². The summed E-state index contributed by atoms with van der Waals surface area (Å²) in [6.07, 6.45) is 5.67. The molecule has 0 aliphatic heterocycles. The van der Waals surface area contributed by atoms with Gasteiger partial charge < -0.3 is 15.2 Å². The molecule has 0 fully saturated rings. The minimum Gasteiger partial charge on any atom is -0.465 e. The molecule has 4 heteroatoms. The molecular formula is C18H17NO3. The number of terminal acetylenes is 1. The fraction of sp³-hybridized carbons (Fsp3) is 0.167. The first-order chi connectivity index (χ1) is 10.7. The number of methoxy groups -OCH3 is 1. The highest BCUT2D eigenvalue weighted by Crippen LogP contribution is 2.28. The number of rotatable bonds is 5. The second kappa shape index (κ2) is 6.79. The summed E-state index contributed by atoms with van der Waals surface area (Å²) in [4.78, 5) is 11.9. The van der Waals surface area contributed by atoms with Crippen LogP contribution < -0.4 is 5.32 Å². The van der Waals surface area contributed by atoms with E-state index < -0.39 is 11.5 Å². The van der Waals surface area contributed by atoms with Crippen LogP contribution in [0.25, 0.3) is 0 Å². The lowest BCUT2D eigenvalue weighted by atomic mass is 9.90. The quantitative estimate of drug-likeness (QED) is 0.657. The fourth-order valence-corrected chi connectivity index (χ4v) is 2.20. The van der Waals surface area contributed by atoms with Crippen LogP contribution in [0.2, 0.25) is 0 Å². The van der Waals surface area contributed by atoms with Crippen LogP contribution in [0, 0.1) is 12.3 Å². The van der Waals surface area contributed by atoms with Crippen molar-refractivity contribution in [2.45, 2.75) is 5.54 Å². The first-order valence-electron chi connectivity index (χ1n) is 6.76. The van der Waals surface area contributed by atoms with E-state index in [2.05, 4.69) is 11.2 Å². The molecule has 0 aromatic heterocycles. The number of hydrogen-bond donors (Lipinski definition) is 2. The number of para-hydroxylation sites is 1. The maximum atomic E-state index is 11.9. The van der Waals surface area contributed by atoms with Gasteiger partial charge in [-0.05, 0) is 17.7 Å². The summed E-state index contributed by atoms with van der Waals surface area (Å²) in [5, 5.41) is 13.0. The Bertz CT molecular complexity index is 691. The number of ether oxygens (including phenoxy) is 1. The average molecular weight is 295 g/mol. The number of aliphatic hydroxyl groups excluding tert-OH is 1. The Hall–Kier alpha value is -2.77. The van der Waals surface area contributed by atoms with Crippen LogP contribution in [0.1, 0.15) is 15.9 Å². The zero-order valence-corrected chi connectivity index (χ0v) is 12.2. The average Bonchev–Trinajstić information content (AvgIpc) is 2.60. The van der Waals surface area contributed by atoms with E-state index >= 15 is 0 Å². The Morgan fingerprint density at radius 2 is 1.86 bits per heavy atom. The minimum absolute atomic E-state index is 0.316. The van der Waals surface area contributed by atoms with E-state index in [0.717, 1.165) is 5.56 Å². The third-order valence-electron chi connectivity index (χ3n) is 3.43. The molecule has 0 saturated heterocycles. The molecule has 0 bridgehead atoms. The number of aliphatic hydroxyl groups is 1. The Labute approximate surface area is 129 Å². The monoisotopic (exact) mass is 295 g/mol. The van der Waals surface area contributed by atoms with Crippen molar-refractivity contribution in [2.75, 3.05) is 19.0 Å². The van der Waals surface area contributed by atoms with Crippen molar-refractivity contribution in [1.82, 2.24) is 0 Å². The molecule has 0 radical (unpaired) electrons. The second-order valence-electron chi connectivity index (χ2n) is 4.74. The van der Waals surface area contributed by atoms with E-state index in [9.17, 15) is 9.90 Å². The van der Waals surface area contributed by atoms with Gasteiger partial charge in [0.2, 0.25) is 0 Å². The van der Waals surface area contributed by atoms with Crippen LogP contribution in [0.15, 0.2) is 54.6 Å². The van der Waals surface area contributed by atoms with Gasteiger partial charge in [0.05, 0.1) is 25.0 Å².